The zero-order chi connectivity index (χ0) is 26.7. The molecule has 3 heterocycles. The quantitative estimate of drug-likeness (QED) is 0.480. The third kappa shape index (κ3) is 4.39. The second kappa shape index (κ2) is 9.20. The number of fused-ring (bicyclic) bond motifs is 1. The van der Waals surface area contributed by atoms with E-state index in [1.54, 1.807) is 18.5 Å². The Morgan fingerprint density at radius 2 is 2.00 bits per heavy atom. The molecule has 2 aromatic carbocycles. The van der Waals surface area contributed by atoms with E-state index in [1.165, 1.54) is 11.0 Å². The summed E-state index contributed by atoms with van der Waals surface area (Å²) in [6.45, 7) is 3.41. The highest BCUT2D eigenvalue weighted by Crippen LogP contribution is 2.41. The first-order valence-electron chi connectivity index (χ1n) is 12.9. The Bertz CT molecular complexity index is 1380. The lowest BCUT2D eigenvalue weighted by molar-refractivity contribution is -0.138. The number of alkyl halides is 3. The van der Waals surface area contributed by atoms with Crippen molar-refractivity contribution >= 4 is 11.6 Å². The van der Waals surface area contributed by atoms with Crippen LogP contribution >= 0.6 is 0 Å². The predicted octanol–water partition coefficient (Wildman–Crippen LogP) is 4.80. The Hall–Kier alpha value is -3.24. The van der Waals surface area contributed by atoms with E-state index in [4.69, 9.17) is 4.74 Å². The third-order valence-electron chi connectivity index (χ3n) is 8.28. The molecule has 1 aromatic heterocycles. The predicted molar refractivity (Wildman–Crippen MR) is 135 cm³/mol. The number of halogens is 3. The van der Waals surface area contributed by atoms with Gasteiger partial charge in [0.25, 0.3) is 5.91 Å². The number of rotatable bonds is 7. The van der Waals surface area contributed by atoms with Crippen LogP contribution in [-0.2, 0) is 31.1 Å². The van der Waals surface area contributed by atoms with Gasteiger partial charge in [-0.05, 0) is 67.1 Å². The van der Waals surface area contributed by atoms with E-state index >= 15 is 0 Å². The minimum atomic E-state index is -4.56. The van der Waals surface area contributed by atoms with Crippen molar-refractivity contribution in [2.45, 2.75) is 56.9 Å². The first kappa shape index (κ1) is 25.1. The summed E-state index contributed by atoms with van der Waals surface area (Å²) >= 11 is 0. The zero-order valence-corrected chi connectivity index (χ0v) is 21.4. The Morgan fingerprint density at radius 3 is 2.61 bits per heavy atom. The number of anilines is 1. The van der Waals surface area contributed by atoms with E-state index in [1.807, 2.05) is 29.8 Å². The van der Waals surface area contributed by atoms with Crippen molar-refractivity contribution < 1.29 is 22.7 Å². The van der Waals surface area contributed by atoms with Gasteiger partial charge >= 0.3 is 6.18 Å². The van der Waals surface area contributed by atoms with Gasteiger partial charge in [0.2, 0.25) is 0 Å². The highest BCUT2D eigenvalue weighted by Gasteiger charge is 2.41. The van der Waals surface area contributed by atoms with Gasteiger partial charge in [-0.3, -0.25) is 4.79 Å². The van der Waals surface area contributed by atoms with E-state index in [-0.39, 0.29) is 35.0 Å². The molecule has 0 spiro atoms. The van der Waals surface area contributed by atoms with Gasteiger partial charge in [0.05, 0.1) is 31.2 Å². The van der Waals surface area contributed by atoms with Crippen LogP contribution in [-0.4, -0.2) is 39.4 Å². The second-order valence-electron chi connectivity index (χ2n) is 11.0. The normalized spacial score (nSPS) is 19.7. The average molecular weight is 526 g/mol. The maximum Gasteiger partial charge on any atom is 0.416 e. The maximum atomic E-state index is 14.2. The van der Waals surface area contributed by atoms with Crippen molar-refractivity contribution in [3.8, 4) is 0 Å². The summed E-state index contributed by atoms with van der Waals surface area (Å²) < 4.78 is 49.8. The third-order valence-corrected chi connectivity index (χ3v) is 8.28. The Labute approximate surface area is 219 Å². The number of ether oxygens (including phenoxy) is 1. The largest absolute Gasteiger partial charge is 0.416 e. The number of nitrogens with one attached hydrogen (secondary N) is 1. The van der Waals surface area contributed by atoms with Crippen molar-refractivity contribution in [3.05, 3.63) is 76.4 Å². The fourth-order valence-corrected chi connectivity index (χ4v) is 5.77. The second-order valence-corrected chi connectivity index (χ2v) is 11.0. The number of aromatic nitrogens is 3. The van der Waals surface area contributed by atoms with E-state index in [0.717, 1.165) is 30.7 Å². The Balaban J connectivity index is 1.33. The summed E-state index contributed by atoms with van der Waals surface area (Å²) in [6, 6.07) is 10.3. The molecule has 7 nitrogen and oxygen atoms in total. The van der Waals surface area contributed by atoms with Gasteiger partial charge in [0.15, 0.2) is 0 Å². The van der Waals surface area contributed by atoms with Crippen molar-refractivity contribution in [3.63, 3.8) is 0 Å². The van der Waals surface area contributed by atoms with Crippen molar-refractivity contribution in [1.29, 1.82) is 0 Å². The number of nitrogens with zero attached hydrogens (tertiary/aromatic N) is 4. The van der Waals surface area contributed by atoms with Crippen molar-refractivity contribution in [2.75, 3.05) is 18.1 Å². The molecule has 0 unspecified atom stereocenters. The summed E-state index contributed by atoms with van der Waals surface area (Å²) in [5.41, 5.74) is 1.32. The van der Waals surface area contributed by atoms with Crippen LogP contribution in [0.1, 0.15) is 70.5 Å². The van der Waals surface area contributed by atoms with Gasteiger partial charge in [-0.1, -0.05) is 12.1 Å². The van der Waals surface area contributed by atoms with Crippen LogP contribution in [0.25, 0.3) is 0 Å². The summed E-state index contributed by atoms with van der Waals surface area (Å²) in [6.07, 6.45) is 0.187. The van der Waals surface area contributed by atoms with Gasteiger partial charge < -0.3 is 19.5 Å². The van der Waals surface area contributed by atoms with Crippen LogP contribution in [0, 0.1) is 5.92 Å². The minimum Gasteiger partial charge on any atom is -0.381 e. The summed E-state index contributed by atoms with van der Waals surface area (Å²) in [4.78, 5) is 15.0. The molecule has 0 radical (unpaired) electrons. The smallest absolute Gasteiger partial charge is 0.381 e. The number of benzene rings is 2. The molecule has 1 atom stereocenters. The maximum absolute atomic E-state index is 14.2. The molecule has 1 N–H and O–H groups in total. The van der Waals surface area contributed by atoms with Crippen LogP contribution in [0.2, 0.25) is 0 Å². The van der Waals surface area contributed by atoms with Crippen LogP contribution in [0.15, 0.2) is 42.7 Å². The van der Waals surface area contributed by atoms with Gasteiger partial charge in [-0.15, -0.1) is 10.2 Å². The first-order valence-corrected chi connectivity index (χ1v) is 12.9. The molecule has 1 amide bonds. The lowest BCUT2D eigenvalue weighted by Crippen LogP contribution is -2.47. The number of aryl methyl sites for hydroxylation is 1. The van der Waals surface area contributed by atoms with Gasteiger partial charge in [0, 0.05) is 36.3 Å². The molecular weight excluding hydrogens is 495 g/mol. The van der Waals surface area contributed by atoms with Crippen LogP contribution in [0.3, 0.4) is 0 Å². The monoisotopic (exact) mass is 525 g/mol. The molecule has 200 valence electrons. The molecule has 10 heteroatoms. The molecule has 1 aliphatic carbocycles. The molecular formula is C28H30F3N5O2. The van der Waals surface area contributed by atoms with Crippen molar-refractivity contribution in [1.82, 2.24) is 20.1 Å². The van der Waals surface area contributed by atoms with Crippen molar-refractivity contribution in [2.24, 2.45) is 13.0 Å². The van der Waals surface area contributed by atoms with E-state index in [9.17, 15) is 18.0 Å². The van der Waals surface area contributed by atoms with Gasteiger partial charge in [0.1, 0.15) is 12.2 Å². The van der Waals surface area contributed by atoms with Crippen LogP contribution in [0.5, 0.6) is 0 Å². The Kier molecular flexibility index (Phi) is 6.07. The number of carbonyl (C=O) groups is 1. The highest BCUT2D eigenvalue weighted by molar-refractivity contribution is 6.10. The molecule has 38 heavy (non-hydrogen) atoms. The molecule has 1 saturated heterocycles. The molecule has 2 fully saturated rings. The molecule has 1 saturated carbocycles. The van der Waals surface area contributed by atoms with E-state index < -0.39 is 17.6 Å². The fourth-order valence-electron chi connectivity index (χ4n) is 5.77. The Morgan fingerprint density at radius 1 is 1.21 bits per heavy atom. The van der Waals surface area contributed by atoms with E-state index in [2.05, 4.69) is 22.4 Å². The molecule has 0 bridgehead atoms. The number of amides is 1. The highest BCUT2D eigenvalue weighted by atomic mass is 19.4. The fraction of sp³-hybridized carbons (Fsp3) is 0.464. The SMILES string of the molecule is Cn1cnnc1[C@H](c1cccc(N2Cc3c(cc(CNC4(C)CCC4)cc3C(F)(F)F)C2=O)c1)C1COC1. The van der Waals surface area contributed by atoms with Crippen LogP contribution in [0.4, 0.5) is 18.9 Å². The zero-order valence-electron chi connectivity index (χ0n) is 21.4. The van der Waals surface area contributed by atoms with Crippen LogP contribution < -0.4 is 10.2 Å². The average Bonchev–Trinajstić information content (AvgIpc) is 3.40. The lowest BCUT2D eigenvalue weighted by Gasteiger charge is -2.39. The first-order chi connectivity index (χ1) is 18.1. The summed E-state index contributed by atoms with van der Waals surface area (Å²) in [5, 5.41) is 11.7. The molecule has 6 rings (SSSR count). The number of hydrogen-bond acceptors (Lipinski definition) is 5. The minimum absolute atomic E-state index is 0.0313. The standard InChI is InChI=1S/C28H30F3N5O2/c1-27(7-4-8-27)32-12-17-9-21-22(23(10-17)28(29,30)31)13-36(26(21)37)20-6-3-5-18(11-20)24(19-14-38-15-19)25-34-33-16-35(25)2/h3,5-6,9-11,16,19,24,32H,4,7-8,12-15H2,1-2H3/t24-/m1/s1. The summed E-state index contributed by atoms with van der Waals surface area (Å²) in [5.74, 6) is 0.460. The molecule has 2 aliphatic heterocycles. The lowest BCUT2D eigenvalue weighted by atomic mass is 9.78. The van der Waals surface area contributed by atoms with Gasteiger partial charge in [-0.25, -0.2) is 0 Å². The molecule has 3 aliphatic rings. The van der Waals surface area contributed by atoms with Gasteiger partial charge in [-0.2, -0.15) is 13.2 Å². The number of hydrogen-bond donors (Lipinski definition) is 1. The molecule has 3 aromatic rings. The van der Waals surface area contributed by atoms with E-state index in [0.29, 0.717) is 31.0 Å². The topological polar surface area (TPSA) is 72.3 Å². The summed E-state index contributed by atoms with van der Waals surface area (Å²) in [7, 11) is 1.88. The number of carbonyl (C=O) groups excluding carboxylic acids is 1.